The molecule has 0 saturated carbocycles. The first-order valence-electron chi connectivity index (χ1n) is 5.25. The second kappa shape index (κ2) is 2.88. The fraction of sp³-hybridized carbons (Fsp3) is 0.636. The van der Waals surface area contributed by atoms with Gasteiger partial charge < -0.3 is 4.42 Å². The molecule has 0 aromatic carbocycles. The van der Waals surface area contributed by atoms with Gasteiger partial charge in [0.05, 0.1) is 6.26 Å². The first kappa shape index (κ1) is 7.63. The summed E-state index contributed by atoms with van der Waals surface area (Å²) >= 11 is 0. The molecule has 13 heavy (non-hydrogen) atoms. The highest BCUT2D eigenvalue weighted by atomic mass is 16.3. The second-order valence-corrected chi connectivity index (χ2v) is 4.10. The average Bonchev–Trinajstić information content (AvgIpc) is 2.65. The number of hydrogen-bond acceptors (Lipinski definition) is 2. The molecule has 3 heterocycles. The molecule has 3 rings (SSSR count). The number of furan rings is 1. The molecule has 0 bridgehead atoms. The monoisotopic (exact) mass is 177 g/mol. The van der Waals surface area contributed by atoms with Gasteiger partial charge in [-0.05, 0) is 25.5 Å². The predicted octanol–water partition coefficient (Wildman–Crippen LogP) is 2.36. The summed E-state index contributed by atoms with van der Waals surface area (Å²) in [5.74, 6) is 1.24. The summed E-state index contributed by atoms with van der Waals surface area (Å²) in [7, 11) is 0. The molecule has 0 amide bonds. The molecule has 2 aliphatic rings. The first-order chi connectivity index (χ1) is 6.45. The Morgan fingerprint density at radius 2 is 2.31 bits per heavy atom. The van der Waals surface area contributed by atoms with Crippen LogP contribution in [0.3, 0.4) is 0 Å². The molecular weight excluding hydrogens is 162 g/mol. The van der Waals surface area contributed by atoms with E-state index in [9.17, 15) is 0 Å². The van der Waals surface area contributed by atoms with Gasteiger partial charge in [0, 0.05) is 24.6 Å². The highest BCUT2D eigenvalue weighted by molar-refractivity contribution is 5.24. The molecule has 0 radical (unpaired) electrons. The van der Waals surface area contributed by atoms with Crippen LogP contribution < -0.4 is 0 Å². The van der Waals surface area contributed by atoms with Gasteiger partial charge in [0.25, 0.3) is 0 Å². The largest absolute Gasteiger partial charge is 0.469 e. The van der Waals surface area contributed by atoms with Gasteiger partial charge in [-0.25, -0.2) is 0 Å². The quantitative estimate of drug-likeness (QED) is 0.605. The van der Waals surface area contributed by atoms with Gasteiger partial charge in [-0.3, -0.25) is 4.90 Å². The van der Waals surface area contributed by atoms with Crippen molar-refractivity contribution in [1.29, 1.82) is 0 Å². The lowest BCUT2D eigenvalue weighted by Gasteiger charge is -2.38. The molecule has 2 heteroatoms. The van der Waals surface area contributed by atoms with Gasteiger partial charge in [-0.2, -0.15) is 0 Å². The van der Waals surface area contributed by atoms with Crippen molar-refractivity contribution < 1.29 is 4.42 Å². The van der Waals surface area contributed by atoms with E-state index in [-0.39, 0.29) is 0 Å². The van der Waals surface area contributed by atoms with E-state index in [0.29, 0.717) is 6.04 Å². The van der Waals surface area contributed by atoms with E-state index < -0.39 is 0 Å². The minimum atomic E-state index is 0.677. The SMILES string of the molecule is c1cc2c(o1)CCN1CCCCC21. The topological polar surface area (TPSA) is 16.4 Å². The Bertz CT molecular complexity index is 305. The lowest BCUT2D eigenvalue weighted by Crippen LogP contribution is -2.38. The Morgan fingerprint density at radius 1 is 1.31 bits per heavy atom. The van der Waals surface area contributed by atoms with Gasteiger partial charge in [0.1, 0.15) is 5.76 Å². The number of fused-ring (bicyclic) bond motifs is 3. The molecule has 0 spiro atoms. The summed E-state index contributed by atoms with van der Waals surface area (Å²) in [6, 6.07) is 2.84. The lowest BCUT2D eigenvalue weighted by atomic mass is 9.91. The van der Waals surface area contributed by atoms with Crippen LogP contribution >= 0.6 is 0 Å². The zero-order chi connectivity index (χ0) is 8.67. The van der Waals surface area contributed by atoms with Gasteiger partial charge in [0.2, 0.25) is 0 Å². The van der Waals surface area contributed by atoms with E-state index in [2.05, 4.69) is 11.0 Å². The van der Waals surface area contributed by atoms with Crippen LogP contribution in [0.15, 0.2) is 16.7 Å². The second-order valence-electron chi connectivity index (χ2n) is 4.10. The fourth-order valence-electron chi connectivity index (χ4n) is 2.71. The van der Waals surface area contributed by atoms with Crippen molar-refractivity contribution in [2.24, 2.45) is 0 Å². The molecule has 1 aromatic heterocycles. The van der Waals surface area contributed by atoms with Gasteiger partial charge in [0.15, 0.2) is 0 Å². The van der Waals surface area contributed by atoms with Crippen molar-refractivity contribution in [1.82, 2.24) is 4.90 Å². The third kappa shape index (κ3) is 1.12. The van der Waals surface area contributed by atoms with E-state index in [1.54, 1.807) is 0 Å². The van der Waals surface area contributed by atoms with Gasteiger partial charge in [-0.15, -0.1) is 0 Å². The van der Waals surface area contributed by atoms with E-state index >= 15 is 0 Å². The molecule has 1 atom stereocenters. The van der Waals surface area contributed by atoms with Gasteiger partial charge >= 0.3 is 0 Å². The Balaban J connectivity index is 1.97. The third-order valence-electron chi connectivity index (χ3n) is 3.38. The molecule has 2 nitrogen and oxygen atoms in total. The van der Waals surface area contributed by atoms with Crippen molar-refractivity contribution in [3.63, 3.8) is 0 Å². The highest BCUT2D eigenvalue weighted by Gasteiger charge is 2.30. The number of rotatable bonds is 0. The number of nitrogens with zero attached hydrogens (tertiary/aromatic N) is 1. The molecule has 0 N–H and O–H groups in total. The molecule has 1 unspecified atom stereocenters. The van der Waals surface area contributed by atoms with Crippen LogP contribution in [0, 0.1) is 0 Å². The zero-order valence-electron chi connectivity index (χ0n) is 7.83. The maximum Gasteiger partial charge on any atom is 0.109 e. The van der Waals surface area contributed by atoms with Crippen LogP contribution in [0.1, 0.15) is 36.6 Å². The molecule has 70 valence electrons. The molecular formula is C11H15NO. The maximum atomic E-state index is 5.48. The van der Waals surface area contributed by atoms with Crippen molar-refractivity contribution in [2.75, 3.05) is 13.1 Å². The molecule has 1 saturated heterocycles. The van der Waals surface area contributed by atoms with Crippen LogP contribution in [-0.2, 0) is 6.42 Å². The molecule has 0 aliphatic carbocycles. The van der Waals surface area contributed by atoms with E-state index in [1.165, 1.54) is 43.7 Å². The van der Waals surface area contributed by atoms with Crippen LogP contribution in [0.5, 0.6) is 0 Å². The summed E-state index contributed by atoms with van der Waals surface area (Å²) < 4.78 is 5.48. The van der Waals surface area contributed by atoms with Crippen LogP contribution in [0.4, 0.5) is 0 Å². The average molecular weight is 177 g/mol. The maximum absolute atomic E-state index is 5.48. The smallest absolute Gasteiger partial charge is 0.109 e. The normalized spacial score (nSPS) is 28.2. The summed E-state index contributed by atoms with van der Waals surface area (Å²) in [6.45, 7) is 2.49. The third-order valence-corrected chi connectivity index (χ3v) is 3.38. The Morgan fingerprint density at radius 3 is 3.31 bits per heavy atom. The number of hydrogen-bond donors (Lipinski definition) is 0. The number of piperidine rings is 1. The Hall–Kier alpha value is -0.760. The van der Waals surface area contributed by atoms with Gasteiger partial charge in [-0.1, -0.05) is 6.42 Å². The van der Waals surface area contributed by atoms with E-state index in [4.69, 9.17) is 4.42 Å². The summed E-state index contributed by atoms with van der Waals surface area (Å²) in [4.78, 5) is 2.61. The standard InChI is InChI=1S/C11H15NO/c1-2-6-12-7-4-11-9(5-8-13-11)10(12)3-1/h5,8,10H,1-4,6-7H2. The van der Waals surface area contributed by atoms with Crippen LogP contribution in [0.25, 0.3) is 0 Å². The van der Waals surface area contributed by atoms with E-state index in [0.717, 1.165) is 6.42 Å². The Labute approximate surface area is 78.5 Å². The fourth-order valence-corrected chi connectivity index (χ4v) is 2.71. The molecule has 1 aromatic rings. The highest BCUT2D eigenvalue weighted by Crippen LogP contribution is 2.36. The van der Waals surface area contributed by atoms with Crippen LogP contribution in [-0.4, -0.2) is 18.0 Å². The van der Waals surface area contributed by atoms with Crippen molar-refractivity contribution in [2.45, 2.75) is 31.7 Å². The Kier molecular flexibility index (Phi) is 1.69. The van der Waals surface area contributed by atoms with E-state index in [1.807, 2.05) is 6.26 Å². The minimum Gasteiger partial charge on any atom is -0.469 e. The summed E-state index contributed by atoms with van der Waals surface area (Å²) in [6.07, 6.45) is 7.05. The summed E-state index contributed by atoms with van der Waals surface area (Å²) in [5, 5.41) is 0. The molecule has 2 aliphatic heterocycles. The minimum absolute atomic E-state index is 0.677. The predicted molar refractivity (Wildman–Crippen MR) is 50.6 cm³/mol. The lowest BCUT2D eigenvalue weighted by molar-refractivity contribution is 0.133. The first-order valence-corrected chi connectivity index (χ1v) is 5.25. The van der Waals surface area contributed by atoms with Crippen molar-refractivity contribution in [3.05, 3.63) is 23.7 Å². The zero-order valence-corrected chi connectivity index (χ0v) is 7.83. The van der Waals surface area contributed by atoms with Crippen LogP contribution in [0.2, 0.25) is 0 Å². The van der Waals surface area contributed by atoms with Crippen molar-refractivity contribution >= 4 is 0 Å². The molecule has 1 fully saturated rings. The van der Waals surface area contributed by atoms with Crippen molar-refractivity contribution in [3.8, 4) is 0 Å². The summed E-state index contributed by atoms with van der Waals surface area (Å²) in [5.41, 5.74) is 1.46.